The van der Waals surface area contributed by atoms with Gasteiger partial charge in [-0.2, -0.15) is 0 Å². The molecule has 2 aromatic rings. The Hall–Kier alpha value is -2.82. The van der Waals surface area contributed by atoms with Gasteiger partial charge >= 0.3 is 5.97 Å². The first kappa shape index (κ1) is 18.5. The maximum absolute atomic E-state index is 12.7. The molecule has 0 aliphatic carbocycles. The number of amides is 1. The molecule has 5 nitrogen and oxygen atoms in total. The van der Waals surface area contributed by atoms with E-state index in [0.29, 0.717) is 17.0 Å². The van der Waals surface area contributed by atoms with Crippen molar-refractivity contribution in [2.45, 2.75) is 33.1 Å². The summed E-state index contributed by atoms with van der Waals surface area (Å²) in [5.41, 5.74) is 2.94. The fourth-order valence-corrected chi connectivity index (χ4v) is 2.54. The smallest absolute Gasteiger partial charge is 0.341 e. The second-order valence-corrected chi connectivity index (χ2v) is 6.91. The predicted molar refractivity (Wildman–Crippen MR) is 97.4 cm³/mol. The molecule has 0 saturated heterocycles. The summed E-state index contributed by atoms with van der Waals surface area (Å²) < 4.78 is 5.14. The maximum atomic E-state index is 12.7. The van der Waals surface area contributed by atoms with Gasteiger partial charge in [-0.25, -0.2) is 4.79 Å². The SMILES string of the molecule is Cc1cc(OCC(=O)O)ccc1NC(=O)c1ccccc1C(C)(C)C. The van der Waals surface area contributed by atoms with Crippen molar-refractivity contribution in [3.8, 4) is 5.75 Å². The van der Waals surface area contributed by atoms with Gasteiger partial charge in [-0.3, -0.25) is 4.79 Å². The molecule has 0 aliphatic rings. The quantitative estimate of drug-likeness (QED) is 0.861. The van der Waals surface area contributed by atoms with Crippen LogP contribution in [0.4, 0.5) is 5.69 Å². The van der Waals surface area contributed by atoms with Gasteiger partial charge in [0.25, 0.3) is 5.91 Å². The number of ether oxygens (including phenoxy) is 1. The van der Waals surface area contributed by atoms with Crippen molar-refractivity contribution in [1.29, 1.82) is 0 Å². The standard InChI is InChI=1S/C20H23NO4/c1-13-11-14(25-12-18(22)23)9-10-17(13)21-19(24)15-7-5-6-8-16(15)20(2,3)4/h5-11H,12H2,1-4H3,(H,21,24)(H,22,23). The van der Waals surface area contributed by atoms with Crippen LogP contribution in [-0.2, 0) is 10.2 Å². The van der Waals surface area contributed by atoms with Crippen LogP contribution in [0.3, 0.4) is 0 Å². The van der Waals surface area contributed by atoms with E-state index in [-0.39, 0.29) is 11.3 Å². The molecular weight excluding hydrogens is 318 g/mol. The van der Waals surface area contributed by atoms with E-state index in [2.05, 4.69) is 26.1 Å². The van der Waals surface area contributed by atoms with Crippen LogP contribution in [0.2, 0.25) is 0 Å². The Balaban J connectivity index is 2.20. The number of nitrogens with one attached hydrogen (secondary N) is 1. The molecule has 0 aliphatic heterocycles. The van der Waals surface area contributed by atoms with Crippen molar-refractivity contribution in [3.05, 3.63) is 59.2 Å². The van der Waals surface area contributed by atoms with Crippen molar-refractivity contribution in [3.63, 3.8) is 0 Å². The molecular formula is C20H23NO4. The van der Waals surface area contributed by atoms with E-state index in [9.17, 15) is 9.59 Å². The molecule has 0 unspecified atom stereocenters. The minimum Gasteiger partial charge on any atom is -0.482 e. The van der Waals surface area contributed by atoms with Gasteiger partial charge in [0, 0.05) is 11.3 Å². The first-order valence-corrected chi connectivity index (χ1v) is 8.04. The Morgan fingerprint density at radius 3 is 2.40 bits per heavy atom. The number of carbonyl (C=O) groups excluding carboxylic acids is 1. The Morgan fingerprint density at radius 1 is 1.12 bits per heavy atom. The van der Waals surface area contributed by atoms with Crippen molar-refractivity contribution in [2.24, 2.45) is 0 Å². The summed E-state index contributed by atoms with van der Waals surface area (Å²) in [6.07, 6.45) is 0. The van der Waals surface area contributed by atoms with E-state index in [4.69, 9.17) is 9.84 Å². The van der Waals surface area contributed by atoms with Crippen molar-refractivity contribution in [2.75, 3.05) is 11.9 Å². The number of aryl methyl sites for hydroxylation is 1. The fraction of sp³-hybridized carbons (Fsp3) is 0.300. The van der Waals surface area contributed by atoms with E-state index in [1.165, 1.54) is 0 Å². The number of aliphatic carboxylic acids is 1. The van der Waals surface area contributed by atoms with Gasteiger partial charge in [-0.1, -0.05) is 39.0 Å². The molecule has 0 fully saturated rings. The zero-order chi connectivity index (χ0) is 18.6. The average Bonchev–Trinajstić information content (AvgIpc) is 2.54. The zero-order valence-electron chi connectivity index (χ0n) is 14.9. The lowest BCUT2D eigenvalue weighted by Crippen LogP contribution is -2.21. The highest BCUT2D eigenvalue weighted by molar-refractivity contribution is 6.05. The lowest BCUT2D eigenvalue weighted by molar-refractivity contribution is -0.139. The number of rotatable bonds is 5. The van der Waals surface area contributed by atoms with Crippen LogP contribution in [0.5, 0.6) is 5.75 Å². The highest BCUT2D eigenvalue weighted by atomic mass is 16.5. The molecule has 0 radical (unpaired) electrons. The third kappa shape index (κ3) is 4.83. The second-order valence-electron chi connectivity index (χ2n) is 6.91. The molecule has 0 spiro atoms. The molecule has 0 aromatic heterocycles. The summed E-state index contributed by atoms with van der Waals surface area (Å²) in [4.78, 5) is 23.3. The molecule has 2 aromatic carbocycles. The molecule has 1 amide bonds. The van der Waals surface area contributed by atoms with Crippen LogP contribution in [0.1, 0.15) is 42.3 Å². The number of carbonyl (C=O) groups is 2. The lowest BCUT2D eigenvalue weighted by atomic mass is 9.83. The van der Waals surface area contributed by atoms with Crippen LogP contribution in [0.15, 0.2) is 42.5 Å². The summed E-state index contributed by atoms with van der Waals surface area (Å²) >= 11 is 0. The Morgan fingerprint density at radius 2 is 1.80 bits per heavy atom. The molecule has 0 atom stereocenters. The number of anilines is 1. The Bertz CT molecular complexity index is 791. The average molecular weight is 341 g/mol. The first-order valence-electron chi connectivity index (χ1n) is 8.04. The van der Waals surface area contributed by atoms with Crippen LogP contribution >= 0.6 is 0 Å². The van der Waals surface area contributed by atoms with Crippen molar-refractivity contribution >= 4 is 17.6 Å². The monoisotopic (exact) mass is 341 g/mol. The van der Waals surface area contributed by atoms with Crippen LogP contribution in [-0.4, -0.2) is 23.6 Å². The van der Waals surface area contributed by atoms with Gasteiger partial charge in [0.15, 0.2) is 6.61 Å². The summed E-state index contributed by atoms with van der Waals surface area (Å²) in [5.74, 6) is -0.755. The van der Waals surface area contributed by atoms with E-state index in [1.807, 2.05) is 31.2 Å². The zero-order valence-corrected chi connectivity index (χ0v) is 14.9. The van der Waals surface area contributed by atoms with E-state index in [0.717, 1.165) is 11.1 Å². The van der Waals surface area contributed by atoms with Gasteiger partial charge in [-0.15, -0.1) is 0 Å². The van der Waals surface area contributed by atoms with Crippen molar-refractivity contribution < 1.29 is 19.4 Å². The molecule has 5 heteroatoms. The number of carboxylic acids is 1. The van der Waals surface area contributed by atoms with Gasteiger partial charge < -0.3 is 15.2 Å². The van der Waals surface area contributed by atoms with Crippen LogP contribution in [0, 0.1) is 6.92 Å². The number of benzene rings is 2. The minimum atomic E-state index is -1.03. The lowest BCUT2D eigenvalue weighted by Gasteiger charge is -2.22. The Labute approximate surface area is 147 Å². The second kappa shape index (κ2) is 7.38. The van der Waals surface area contributed by atoms with E-state index < -0.39 is 12.6 Å². The fourth-order valence-electron chi connectivity index (χ4n) is 2.54. The van der Waals surface area contributed by atoms with Crippen LogP contribution in [0.25, 0.3) is 0 Å². The van der Waals surface area contributed by atoms with E-state index in [1.54, 1.807) is 18.2 Å². The number of hydrogen-bond acceptors (Lipinski definition) is 3. The highest BCUT2D eigenvalue weighted by Crippen LogP contribution is 2.27. The maximum Gasteiger partial charge on any atom is 0.341 e. The number of hydrogen-bond donors (Lipinski definition) is 2. The number of carboxylic acid groups (broad SMARTS) is 1. The highest BCUT2D eigenvalue weighted by Gasteiger charge is 2.21. The third-order valence-electron chi connectivity index (χ3n) is 3.79. The van der Waals surface area contributed by atoms with Crippen LogP contribution < -0.4 is 10.1 Å². The van der Waals surface area contributed by atoms with E-state index >= 15 is 0 Å². The molecule has 25 heavy (non-hydrogen) atoms. The van der Waals surface area contributed by atoms with Gasteiger partial charge in [0.1, 0.15) is 5.75 Å². The summed E-state index contributed by atoms with van der Waals surface area (Å²) in [6, 6.07) is 12.6. The molecule has 2 N–H and O–H groups in total. The van der Waals surface area contributed by atoms with Crippen molar-refractivity contribution in [1.82, 2.24) is 0 Å². The minimum absolute atomic E-state index is 0.141. The molecule has 0 heterocycles. The first-order chi connectivity index (χ1) is 11.7. The third-order valence-corrected chi connectivity index (χ3v) is 3.79. The molecule has 132 valence electrons. The molecule has 2 rings (SSSR count). The normalized spacial score (nSPS) is 11.0. The largest absolute Gasteiger partial charge is 0.482 e. The summed E-state index contributed by atoms with van der Waals surface area (Å²) in [6.45, 7) is 7.64. The van der Waals surface area contributed by atoms with Gasteiger partial charge in [0.2, 0.25) is 0 Å². The topological polar surface area (TPSA) is 75.6 Å². The Kier molecular flexibility index (Phi) is 5.47. The summed E-state index contributed by atoms with van der Waals surface area (Å²) in [5, 5.41) is 11.6. The molecule has 0 saturated carbocycles. The molecule has 0 bridgehead atoms. The predicted octanol–water partition coefficient (Wildman–Crippen LogP) is 4.01. The summed E-state index contributed by atoms with van der Waals surface area (Å²) in [7, 11) is 0. The van der Waals surface area contributed by atoms with Gasteiger partial charge in [0.05, 0.1) is 0 Å². The van der Waals surface area contributed by atoms with Gasteiger partial charge in [-0.05, 0) is 47.7 Å².